The third-order valence-electron chi connectivity index (χ3n) is 5.67. The third kappa shape index (κ3) is 4.80. The number of urea groups is 1. The number of carbonyl (C=O) groups is 2. The van der Waals surface area contributed by atoms with E-state index in [2.05, 4.69) is 47.2 Å². The summed E-state index contributed by atoms with van der Waals surface area (Å²) in [6, 6.07) is 6.42. The Hall–Kier alpha value is -2.08. The Balaban J connectivity index is 1.43. The molecular formula is C21H32N4O2. The van der Waals surface area contributed by atoms with Gasteiger partial charge in [-0.1, -0.05) is 6.07 Å². The molecule has 0 saturated carbocycles. The summed E-state index contributed by atoms with van der Waals surface area (Å²) in [4.78, 5) is 30.6. The molecule has 2 heterocycles. The van der Waals surface area contributed by atoms with Gasteiger partial charge in [-0.2, -0.15) is 0 Å². The van der Waals surface area contributed by atoms with E-state index in [0.717, 1.165) is 39.1 Å². The van der Waals surface area contributed by atoms with Crippen molar-refractivity contribution >= 4 is 17.6 Å². The Bertz CT molecular complexity index is 688. The van der Waals surface area contributed by atoms with Gasteiger partial charge in [0.1, 0.15) is 0 Å². The zero-order valence-electron chi connectivity index (χ0n) is 17.0. The summed E-state index contributed by atoms with van der Waals surface area (Å²) in [6.07, 6.45) is 1.19. The molecule has 2 fully saturated rings. The van der Waals surface area contributed by atoms with Crippen LogP contribution in [0.4, 0.5) is 10.5 Å². The lowest BCUT2D eigenvalue weighted by atomic mass is 9.98. The normalized spacial score (nSPS) is 20.7. The van der Waals surface area contributed by atoms with Gasteiger partial charge >= 0.3 is 6.03 Å². The van der Waals surface area contributed by atoms with Gasteiger partial charge in [0.05, 0.1) is 0 Å². The summed E-state index contributed by atoms with van der Waals surface area (Å²) in [5, 5.41) is 2.90. The topological polar surface area (TPSA) is 55.9 Å². The number of carbonyl (C=O) groups excluding carboxylic acids is 2. The Kier molecular flexibility index (Phi) is 5.75. The van der Waals surface area contributed by atoms with Gasteiger partial charge in [0.15, 0.2) is 0 Å². The van der Waals surface area contributed by atoms with Crippen LogP contribution in [-0.2, 0) is 4.79 Å². The number of hydrogen-bond acceptors (Lipinski definition) is 4. The zero-order chi connectivity index (χ0) is 19.6. The molecule has 2 aliphatic rings. The van der Waals surface area contributed by atoms with Gasteiger partial charge in [0.25, 0.3) is 0 Å². The molecule has 2 aliphatic heterocycles. The first-order valence-corrected chi connectivity index (χ1v) is 9.92. The average molecular weight is 373 g/mol. The molecule has 148 valence electrons. The third-order valence-corrected chi connectivity index (χ3v) is 5.67. The molecule has 3 rings (SSSR count). The highest BCUT2D eigenvalue weighted by atomic mass is 16.2. The fourth-order valence-electron chi connectivity index (χ4n) is 3.82. The van der Waals surface area contributed by atoms with E-state index in [1.165, 1.54) is 21.7 Å². The monoisotopic (exact) mass is 372 g/mol. The minimum atomic E-state index is -0.435. The van der Waals surface area contributed by atoms with E-state index < -0.39 is 5.54 Å². The van der Waals surface area contributed by atoms with Crippen LogP contribution in [0.1, 0.15) is 37.8 Å². The van der Waals surface area contributed by atoms with Gasteiger partial charge in [-0.25, -0.2) is 4.79 Å². The van der Waals surface area contributed by atoms with E-state index in [1.807, 2.05) is 13.8 Å². The van der Waals surface area contributed by atoms with Crippen molar-refractivity contribution in [2.24, 2.45) is 0 Å². The Labute approximate surface area is 162 Å². The van der Waals surface area contributed by atoms with E-state index in [9.17, 15) is 9.59 Å². The summed E-state index contributed by atoms with van der Waals surface area (Å²) >= 11 is 0. The molecule has 6 nitrogen and oxygen atoms in total. The van der Waals surface area contributed by atoms with Crippen molar-refractivity contribution in [2.75, 3.05) is 44.2 Å². The van der Waals surface area contributed by atoms with Crippen molar-refractivity contribution in [3.8, 4) is 0 Å². The van der Waals surface area contributed by atoms with Crippen LogP contribution >= 0.6 is 0 Å². The predicted octanol–water partition coefficient (Wildman–Crippen LogP) is 2.54. The van der Waals surface area contributed by atoms with Crippen molar-refractivity contribution in [2.45, 2.75) is 46.1 Å². The quantitative estimate of drug-likeness (QED) is 0.863. The highest BCUT2D eigenvalue weighted by molar-refractivity contribution is 5.97. The number of anilines is 1. The number of aryl methyl sites for hydroxylation is 2. The zero-order valence-corrected chi connectivity index (χ0v) is 17.0. The standard InChI is InChI=1S/C21H32N4O2/c1-16-6-7-18(14-17(16)2)24-12-10-23(11-13-24)8-5-9-25-19(26)15-21(3,4)22-20(25)27/h6-7,14H,5,8-13,15H2,1-4H3,(H,22,27). The van der Waals surface area contributed by atoms with Gasteiger partial charge in [0, 0.05) is 50.4 Å². The molecule has 0 bridgehead atoms. The summed E-state index contributed by atoms with van der Waals surface area (Å²) in [7, 11) is 0. The molecule has 0 radical (unpaired) electrons. The Morgan fingerprint density at radius 1 is 1.00 bits per heavy atom. The molecule has 0 aliphatic carbocycles. The number of amides is 3. The molecule has 1 aromatic rings. The van der Waals surface area contributed by atoms with E-state index >= 15 is 0 Å². The molecule has 3 amide bonds. The minimum absolute atomic E-state index is 0.0664. The van der Waals surface area contributed by atoms with Crippen molar-refractivity contribution in [3.05, 3.63) is 29.3 Å². The highest BCUT2D eigenvalue weighted by Gasteiger charge is 2.36. The van der Waals surface area contributed by atoms with Crippen molar-refractivity contribution in [1.82, 2.24) is 15.1 Å². The lowest BCUT2D eigenvalue weighted by Gasteiger charge is -2.38. The molecule has 0 spiro atoms. The van der Waals surface area contributed by atoms with Gasteiger partial charge < -0.3 is 10.2 Å². The lowest BCUT2D eigenvalue weighted by molar-refractivity contribution is -0.131. The van der Waals surface area contributed by atoms with E-state index in [0.29, 0.717) is 13.0 Å². The first-order valence-electron chi connectivity index (χ1n) is 9.92. The van der Waals surface area contributed by atoms with Gasteiger partial charge in [-0.05, 0) is 63.9 Å². The minimum Gasteiger partial charge on any atom is -0.369 e. The predicted molar refractivity (Wildman–Crippen MR) is 108 cm³/mol. The van der Waals surface area contributed by atoms with Crippen molar-refractivity contribution < 1.29 is 9.59 Å². The molecule has 27 heavy (non-hydrogen) atoms. The summed E-state index contributed by atoms with van der Waals surface area (Å²) in [6.45, 7) is 13.5. The van der Waals surface area contributed by atoms with Crippen LogP contribution in [0.25, 0.3) is 0 Å². The number of piperazine rings is 1. The van der Waals surface area contributed by atoms with E-state index in [-0.39, 0.29) is 11.9 Å². The van der Waals surface area contributed by atoms with Crippen LogP contribution in [0.3, 0.4) is 0 Å². The van der Waals surface area contributed by atoms with Gasteiger partial charge in [-0.15, -0.1) is 0 Å². The molecule has 1 aromatic carbocycles. The number of nitrogens with one attached hydrogen (secondary N) is 1. The molecule has 2 saturated heterocycles. The van der Waals surface area contributed by atoms with Crippen LogP contribution in [-0.4, -0.2) is 66.5 Å². The molecule has 1 N–H and O–H groups in total. The fourth-order valence-corrected chi connectivity index (χ4v) is 3.82. The first kappa shape index (κ1) is 19.7. The molecular weight excluding hydrogens is 340 g/mol. The fraction of sp³-hybridized carbons (Fsp3) is 0.619. The number of benzene rings is 1. The summed E-state index contributed by atoms with van der Waals surface area (Å²) < 4.78 is 0. The second-order valence-corrected chi connectivity index (χ2v) is 8.49. The lowest BCUT2D eigenvalue weighted by Crippen LogP contribution is -2.59. The second-order valence-electron chi connectivity index (χ2n) is 8.49. The molecule has 6 heteroatoms. The second kappa shape index (κ2) is 7.89. The van der Waals surface area contributed by atoms with Crippen molar-refractivity contribution in [1.29, 1.82) is 0 Å². The SMILES string of the molecule is Cc1ccc(N2CCN(CCCN3C(=O)CC(C)(C)NC3=O)CC2)cc1C. The van der Waals surface area contributed by atoms with Crippen LogP contribution in [0.2, 0.25) is 0 Å². The largest absolute Gasteiger partial charge is 0.369 e. The maximum absolute atomic E-state index is 12.2. The number of nitrogens with zero attached hydrogens (tertiary/aromatic N) is 3. The number of imide groups is 1. The van der Waals surface area contributed by atoms with E-state index in [4.69, 9.17) is 0 Å². The van der Waals surface area contributed by atoms with Gasteiger partial charge in [-0.3, -0.25) is 14.6 Å². The van der Waals surface area contributed by atoms with Crippen LogP contribution in [0.5, 0.6) is 0 Å². The van der Waals surface area contributed by atoms with Crippen LogP contribution in [0.15, 0.2) is 18.2 Å². The molecule has 0 unspecified atom stereocenters. The van der Waals surface area contributed by atoms with Crippen LogP contribution in [0, 0.1) is 13.8 Å². The summed E-state index contributed by atoms with van der Waals surface area (Å²) in [5.41, 5.74) is 3.53. The Morgan fingerprint density at radius 2 is 1.70 bits per heavy atom. The highest BCUT2D eigenvalue weighted by Crippen LogP contribution is 2.21. The summed E-state index contributed by atoms with van der Waals surface area (Å²) in [5.74, 6) is -0.0664. The van der Waals surface area contributed by atoms with Crippen LogP contribution < -0.4 is 10.2 Å². The number of rotatable bonds is 5. The average Bonchev–Trinajstić information content (AvgIpc) is 2.59. The maximum Gasteiger partial charge on any atom is 0.324 e. The first-order chi connectivity index (χ1) is 12.7. The Morgan fingerprint density at radius 3 is 2.33 bits per heavy atom. The number of hydrogen-bond donors (Lipinski definition) is 1. The smallest absolute Gasteiger partial charge is 0.324 e. The molecule has 0 atom stereocenters. The maximum atomic E-state index is 12.2. The molecule has 0 aromatic heterocycles. The van der Waals surface area contributed by atoms with Gasteiger partial charge in [0.2, 0.25) is 5.91 Å². The van der Waals surface area contributed by atoms with E-state index in [1.54, 1.807) is 0 Å². The van der Waals surface area contributed by atoms with Crippen molar-refractivity contribution in [3.63, 3.8) is 0 Å².